The van der Waals surface area contributed by atoms with Gasteiger partial charge in [0.15, 0.2) is 11.3 Å². The summed E-state index contributed by atoms with van der Waals surface area (Å²) in [5.74, 6) is -0.345. The van der Waals surface area contributed by atoms with Crippen LogP contribution < -0.4 is 4.74 Å². The summed E-state index contributed by atoms with van der Waals surface area (Å²) in [7, 11) is 1.61. The number of aromatic nitrogens is 3. The number of methoxy groups -OCH3 is 1. The zero-order valence-electron chi connectivity index (χ0n) is 15.3. The Morgan fingerprint density at radius 3 is 2.48 bits per heavy atom. The molecule has 0 saturated carbocycles. The van der Waals surface area contributed by atoms with Crippen molar-refractivity contribution in [3.63, 3.8) is 0 Å². The van der Waals surface area contributed by atoms with Crippen molar-refractivity contribution in [3.8, 4) is 17.0 Å². The summed E-state index contributed by atoms with van der Waals surface area (Å²) < 4.78 is 6.87. The number of carboxylic acids is 1. The molecular formula is C21H15Cl2N3O3. The maximum atomic E-state index is 11.4. The van der Waals surface area contributed by atoms with Gasteiger partial charge in [-0.05, 0) is 42.0 Å². The molecule has 0 radical (unpaired) electrons. The third-order valence-electron chi connectivity index (χ3n) is 4.50. The fraction of sp³-hybridized carbons (Fsp3) is 0.0952. The van der Waals surface area contributed by atoms with Gasteiger partial charge in [-0.2, -0.15) is 5.10 Å². The fourth-order valence-corrected chi connectivity index (χ4v) is 3.34. The maximum absolute atomic E-state index is 11.4. The van der Waals surface area contributed by atoms with Crippen LogP contribution in [-0.2, 0) is 6.54 Å². The summed E-state index contributed by atoms with van der Waals surface area (Å²) in [5, 5.41) is 15.6. The minimum absolute atomic E-state index is 0.0472. The predicted octanol–water partition coefficient (Wildman–Crippen LogP) is 5.16. The first-order valence-electron chi connectivity index (χ1n) is 8.65. The highest BCUT2D eigenvalue weighted by atomic mass is 35.5. The van der Waals surface area contributed by atoms with E-state index in [2.05, 4.69) is 4.98 Å². The first-order valence-corrected chi connectivity index (χ1v) is 9.41. The monoisotopic (exact) mass is 427 g/mol. The van der Waals surface area contributed by atoms with E-state index in [-0.39, 0.29) is 5.69 Å². The number of aromatic carboxylic acids is 1. The topological polar surface area (TPSA) is 77.2 Å². The van der Waals surface area contributed by atoms with Gasteiger partial charge < -0.3 is 9.84 Å². The molecule has 0 spiro atoms. The van der Waals surface area contributed by atoms with E-state index in [1.165, 1.54) is 6.07 Å². The van der Waals surface area contributed by atoms with Crippen LogP contribution >= 0.6 is 23.2 Å². The van der Waals surface area contributed by atoms with Crippen molar-refractivity contribution in [2.45, 2.75) is 6.54 Å². The molecule has 146 valence electrons. The second kappa shape index (κ2) is 7.73. The van der Waals surface area contributed by atoms with Crippen LogP contribution in [0, 0.1) is 0 Å². The number of hydrogen-bond donors (Lipinski definition) is 1. The number of fused-ring (bicyclic) bond motifs is 1. The summed E-state index contributed by atoms with van der Waals surface area (Å²) >= 11 is 12.2. The summed E-state index contributed by atoms with van der Waals surface area (Å²) in [6.07, 6.45) is 0. The molecule has 2 aromatic heterocycles. The Bertz CT molecular complexity index is 1220. The smallest absolute Gasteiger partial charge is 0.354 e. The summed E-state index contributed by atoms with van der Waals surface area (Å²) in [6.45, 7) is 0.415. The SMILES string of the molecule is COc1ccc(Cn2nc(-c3ccc(Cl)c(Cl)c3)c3ccc(C(=O)O)nc32)cc1. The van der Waals surface area contributed by atoms with Gasteiger partial charge in [0.1, 0.15) is 11.4 Å². The number of pyridine rings is 1. The number of hydrogen-bond acceptors (Lipinski definition) is 4. The second-order valence-electron chi connectivity index (χ2n) is 6.36. The standard InChI is InChI=1S/C21H15Cl2N3O3/c1-29-14-5-2-12(3-6-14)11-26-20-15(7-9-18(24-20)21(27)28)19(25-26)13-4-8-16(22)17(23)10-13/h2-10H,11H2,1H3,(H,27,28). The fourth-order valence-electron chi connectivity index (χ4n) is 3.04. The van der Waals surface area contributed by atoms with Crippen molar-refractivity contribution in [2.24, 2.45) is 0 Å². The molecule has 1 N–H and O–H groups in total. The molecule has 0 amide bonds. The van der Waals surface area contributed by atoms with E-state index in [1.54, 1.807) is 30.0 Å². The Morgan fingerprint density at radius 2 is 1.83 bits per heavy atom. The number of rotatable bonds is 5. The lowest BCUT2D eigenvalue weighted by Crippen LogP contribution is -2.05. The van der Waals surface area contributed by atoms with Crippen LogP contribution in [-0.4, -0.2) is 33.0 Å². The lowest BCUT2D eigenvalue weighted by atomic mass is 10.1. The van der Waals surface area contributed by atoms with Gasteiger partial charge in [-0.25, -0.2) is 14.5 Å². The van der Waals surface area contributed by atoms with E-state index in [0.29, 0.717) is 27.9 Å². The average molecular weight is 428 g/mol. The lowest BCUT2D eigenvalue weighted by molar-refractivity contribution is 0.0691. The first-order chi connectivity index (χ1) is 14.0. The average Bonchev–Trinajstić information content (AvgIpc) is 3.08. The summed E-state index contributed by atoms with van der Waals surface area (Å²) in [4.78, 5) is 15.7. The van der Waals surface area contributed by atoms with Gasteiger partial charge in [0.05, 0.1) is 23.7 Å². The van der Waals surface area contributed by atoms with Crippen molar-refractivity contribution >= 4 is 40.2 Å². The van der Waals surface area contributed by atoms with Gasteiger partial charge in [-0.15, -0.1) is 0 Å². The van der Waals surface area contributed by atoms with Gasteiger partial charge >= 0.3 is 5.97 Å². The van der Waals surface area contributed by atoms with Gasteiger partial charge in [0.25, 0.3) is 0 Å². The van der Waals surface area contributed by atoms with E-state index in [4.69, 9.17) is 33.0 Å². The van der Waals surface area contributed by atoms with Crippen LogP contribution in [0.25, 0.3) is 22.3 Å². The molecule has 2 aromatic carbocycles. The number of halogens is 2. The number of carboxylic acid groups (broad SMARTS) is 1. The zero-order chi connectivity index (χ0) is 20.5. The molecular weight excluding hydrogens is 413 g/mol. The molecule has 0 unspecified atom stereocenters. The zero-order valence-corrected chi connectivity index (χ0v) is 16.8. The van der Waals surface area contributed by atoms with Crippen molar-refractivity contribution < 1.29 is 14.6 Å². The van der Waals surface area contributed by atoms with E-state index in [9.17, 15) is 9.90 Å². The minimum Gasteiger partial charge on any atom is -0.497 e. The van der Waals surface area contributed by atoms with E-state index in [1.807, 2.05) is 30.3 Å². The lowest BCUT2D eigenvalue weighted by Gasteiger charge is -2.05. The van der Waals surface area contributed by atoms with Crippen LogP contribution in [0.4, 0.5) is 0 Å². The van der Waals surface area contributed by atoms with Crippen LogP contribution in [0.3, 0.4) is 0 Å². The van der Waals surface area contributed by atoms with E-state index >= 15 is 0 Å². The molecule has 0 saturated heterocycles. The number of ether oxygens (including phenoxy) is 1. The minimum atomic E-state index is -1.10. The van der Waals surface area contributed by atoms with Gasteiger partial charge in [-0.1, -0.05) is 41.4 Å². The van der Waals surface area contributed by atoms with Crippen molar-refractivity contribution in [1.82, 2.24) is 14.8 Å². The largest absolute Gasteiger partial charge is 0.497 e. The Balaban J connectivity index is 1.86. The third kappa shape index (κ3) is 3.77. The van der Waals surface area contributed by atoms with Crippen LogP contribution in [0.15, 0.2) is 54.6 Å². The Labute approximate surface area is 176 Å². The summed E-state index contributed by atoms with van der Waals surface area (Å²) in [6, 6.07) is 16.0. The molecule has 4 aromatic rings. The number of nitrogens with zero attached hydrogens (tertiary/aromatic N) is 3. The predicted molar refractivity (Wildman–Crippen MR) is 112 cm³/mol. The molecule has 0 atom stereocenters. The highest BCUT2D eigenvalue weighted by Gasteiger charge is 2.17. The Morgan fingerprint density at radius 1 is 1.07 bits per heavy atom. The molecule has 0 fully saturated rings. The van der Waals surface area contributed by atoms with Crippen molar-refractivity contribution in [3.05, 3.63) is 75.9 Å². The highest BCUT2D eigenvalue weighted by molar-refractivity contribution is 6.42. The molecule has 4 rings (SSSR count). The van der Waals surface area contributed by atoms with Gasteiger partial charge in [0.2, 0.25) is 0 Å². The Kier molecular flexibility index (Phi) is 5.13. The van der Waals surface area contributed by atoms with E-state index in [0.717, 1.165) is 22.3 Å². The first kappa shape index (κ1) is 19.2. The highest BCUT2D eigenvalue weighted by Crippen LogP contribution is 2.32. The molecule has 0 aliphatic rings. The quantitative estimate of drug-likeness (QED) is 0.475. The normalized spacial score (nSPS) is 11.0. The van der Waals surface area contributed by atoms with Crippen LogP contribution in [0.1, 0.15) is 16.1 Å². The Hall–Kier alpha value is -3.09. The molecule has 0 aliphatic heterocycles. The molecule has 29 heavy (non-hydrogen) atoms. The van der Waals surface area contributed by atoms with Gasteiger partial charge in [0, 0.05) is 10.9 Å². The van der Waals surface area contributed by atoms with Crippen molar-refractivity contribution in [2.75, 3.05) is 7.11 Å². The summed E-state index contributed by atoms with van der Waals surface area (Å²) in [5.41, 5.74) is 2.81. The maximum Gasteiger partial charge on any atom is 0.354 e. The van der Waals surface area contributed by atoms with Crippen LogP contribution in [0.5, 0.6) is 5.75 Å². The third-order valence-corrected chi connectivity index (χ3v) is 5.24. The van der Waals surface area contributed by atoms with Crippen LogP contribution in [0.2, 0.25) is 10.0 Å². The second-order valence-corrected chi connectivity index (χ2v) is 7.17. The molecule has 0 bridgehead atoms. The van der Waals surface area contributed by atoms with Crippen molar-refractivity contribution in [1.29, 1.82) is 0 Å². The number of benzene rings is 2. The van der Waals surface area contributed by atoms with E-state index < -0.39 is 5.97 Å². The molecule has 8 heteroatoms. The molecule has 0 aliphatic carbocycles. The van der Waals surface area contributed by atoms with Gasteiger partial charge in [-0.3, -0.25) is 0 Å². The molecule has 2 heterocycles. The molecule has 6 nitrogen and oxygen atoms in total. The number of carbonyl (C=O) groups is 1.